The summed E-state index contributed by atoms with van der Waals surface area (Å²) < 4.78 is 15.6. The Balaban J connectivity index is 2.61. The summed E-state index contributed by atoms with van der Waals surface area (Å²) in [6.45, 7) is 6.26. The number of rotatable bonds is 10. The van der Waals surface area contributed by atoms with Crippen molar-refractivity contribution in [2.45, 2.75) is 51.4 Å². The zero-order chi connectivity index (χ0) is 16.6. The van der Waals surface area contributed by atoms with E-state index in [0.29, 0.717) is 17.7 Å². The van der Waals surface area contributed by atoms with Crippen LogP contribution in [0.1, 0.15) is 29.6 Å². The maximum absolute atomic E-state index is 12.4. The second kappa shape index (κ2) is 9.08. The van der Waals surface area contributed by atoms with E-state index in [-0.39, 0.29) is 5.78 Å². The molecular weight excluding hydrogens is 296 g/mol. The predicted octanol–water partition coefficient (Wildman–Crippen LogP) is 4.33. The zero-order valence-corrected chi connectivity index (χ0v) is 15.3. The van der Waals surface area contributed by atoms with Crippen molar-refractivity contribution in [2.24, 2.45) is 0 Å². The first-order chi connectivity index (χ1) is 10.4. The first-order valence-corrected chi connectivity index (χ1v) is 11.4. The molecule has 124 valence electrons. The molecule has 0 radical (unpaired) electrons. The van der Waals surface area contributed by atoms with Gasteiger partial charge in [0.15, 0.2) is 5.78 Å². The molecule has 1 aromatic rings. The van der Waals surface area contributed by atoms with Crippen LogP contribution >= 0.6 is 0 Å². The van der Waals surface area contributed by atoms with Gasteiger partial charge in [0.1, 0.15) is 5.75 Å². The number of ketones is 1. The molecule has 0 aliphatic rings. The highest BCUT2D eigenvalue weighted by molar-refractivity contribution is 6.76. The van der Waals surface area contributed by atoms with Crippen molar-refractivity contribution in [1.29, 1.82) is 0 Å². The average molecular weight is 324 g/mol. The molecule has 0 N–H and O–H groups in total. The van der Waals surface area contributed by atoms with E-state index < -0.39 is 14.5 Å². The zero-order valence-electron chi connectivity index (χ0n) is 14.3. The lowest BCUT2D eigenvalue weighted by atomic mass is 10.0. The van der Waals surface area contributed by atoms with Gasteiger partial charge in [-0.05, 0) is 18.6 Å². The lowest BCUT2D eigenvalue weighted by Crippen LogP contribution is -2.22. The number of benzene rings is 1. The topological polar surface area (TPSA) is 44.8 Å². The number of para-hydroxylation sites is 1. The molecule has 0 amide bonds. The van der Waals surface area contributed by atoms with Gasteiger partial charge in [0.25, 0.3) is 0 Å². The van der Waals surface area contributed by atoms with E-state index in [1.54, 1.807) is 12.1 Å². The molecule has 0 unspecified atom stereocenters. The molecular formula is C17H28O4Si. The molecule has 1 aromatic carbocycles. The van der Waals surface area contributed by atoms with Gasteiger partial charge in [0, 0.05) is 28.7 Å². The lowest BCUT2D eigenvalue weighted by molar-refractivity contribution is -0.219. The van der Waals surface area contributed by atoms with Crippen LogP contribution in [-0.4, -0.2) is 34.6 Å². The molecule has 0 atom stereocenters. The SMILES string of the molecule is COC(OC)Oc1ccccc1C(=O)CCCC[Si](C)(C)C. The fourth-order valence-electron chi connectivity index (χ4n) is 2.17. The molecule has 4 nitrogen and oxygen atoms in total. The molecule has 0 fully saturated rings. The fourth-order valence-corrected chi connectivity index (χ4v) is 3.48. The fraction of sp³-hybridized carbons (Fsp3) is 0.588. The second-order valence-electron chi connectivity index (χ2n) is 6.57. The van der Waals surface area contributed by atoms with E-state index in [4.69, 9.17) is 14.2 Å². The minimum Gasteiger partial charge on any atom is -0.440 e. The Bertz CT molecular complexity index is 464. The highest BCUT2D eigenvalue weighted by Crippen LogP contribution is 2.23. The Morgan fingerprint density at radius 3 is 2.32 bits per heavy atom. The summed E-state index contributed by atoms with van der Waals surface area (Å²) in [5.41, 5.74) is 0.592. The summed E-state index contributed by atoms with van der Waals surface area (Å²) in [6, 6.07) is 8.49. The van der Waals surface area contributed by atoms with Crippen molar-refractivity contribution in [3.8, 4) is 5.75 Å². The van der Waals surface area contributed by atoms with E-state index in [1.807, 2.05) is 12.1 Å². The van der Waals surface area contributed by atoms with Gasteiger partial charge in [0.05, 0.1) is 5.56 Å². The van der Waals surface area contributed by atoms with E-state index >= 15 is 0 Å². The Kier molecular flexibility index (Phi) is 7.79. The quantitative estimate of drug-likeness (QED) is 0.278. The van der Waals surface area contributed by atoms with Gasteiger partial charge in [0.2, 0.25) is 0 Å². The third-order valence-electron chi connectivity index (χ3n) is 3.38. The molecule has 22 heavy (non-hydrogen) atoms. The number of hydrogen-bond acceptors (Lipinski definition) is 4. The van der Waals surface area contributed by atoms with E-state index in [0.717, 1.165) is 12.8 Å². The van der Waals surface area contributed by atoms with Crippen molar-refractivity contribution in [3.63, 3.8) is 0 Å². The molecule has 0 spiro atoms. The van der Waals surface area contributed by atoms with Gasteiger partial charge in [-0.25, -0.2) is 0 Å². The van der Waals surface area contributed by atoms with Crippen molar-refractivity contribution in [1.82, 2.24) is 0 Å². The number of methoxy groups -OCH3 is 2. The third kappa shape index (κ3) is 6.73. The summed E-state index contributed by atoms with van der Waals surface area (Å²) in [5.74, 6) is 0.614. The molecule has 0 saturated heterocycles. The van der Waals surface area contributed by atoms with Gasteiger partial charge < -0.3 is 14.2 Å². The molecule has 5 heteroatoms. The highest BCUT2D eigenvalue weighted by Gasteiger charge is 2.17. The molecule has 0 aromatic heterocycles. The third-order valence-corrected chi connectivity index (χ3v) is 5.23. The largest absolute Gasteiger partial charge is 0.440 e. The second-order valence-corrected chi connectivity index (χ2v) is 12.2. The van der Waals surface area contributed by atoms with Crippen molar-refractivity contribution in [2.75, 3.05) is 14.2 Å². The molecule has 0 bridgehead atoms. The standard InChI is InChI=1S/C17H28O4Si/c1-19-17(20-2)21-16-12-7-6-10-14(16)15(18)11-8-9-13-22(3,4)5/h6-7,10,12,17H,8-9,11,13H2,1-5H3. The summed E-state index contributed by atoms with van der Waals surface area (Å²) in [5, 5.41) is 0. The van der Waals surface area contributed by atoms with Crippen LogP contribution in [0.15, 0.2) is 24.3 Å². The van der Waals surface area contributed by atoms with Crippen LogP contribution in [0.2, 0.25) is 25.7 Å². The number of carbonyl (C=O) groups is 1. The van der Waals surface area contributed by atoms with E-state index in [2.05, 4.69) is 19.6 Å². The Morgan fingerprint density at radius 1 is 1.09 bits per heavy atom. The van der Waals surface area contributed by atoms with Crippen LogP contribution in [0.3, 0.4) is 0 Å². The Hall–Kier alpha value is -1.17. The van der Waals surface area contributed by atoms with Gasteiger partial charge in [-0.2, -0.15) is 0 Å². The summed E-state index contributed by atoms with van der Waals surface area (Å²) in [4.78, 5) is 12.4. The van der Waals surface area contributed by atoms with Crippen LogP contribution < -0.4 is 4.74 Å². The van der Waals surface area contributed by atoms with Crippen molar-refractivity contribution >= 4 is 13.9 Å². The molecule has 0 aliphatic heterocycles. The first kappa shape index (κ1) is 18.9. The van der Waals surface area contributed by atoms with Crippen LogP contribution in [0.4, 0.5) is 0 Å². The van der Waals surface area contributed by atoms with Crippen LogP contribution in [0.25, 0.3) is 0 Å². The van der Waals surface area contributed by atoms with E-state index in [9.17, 15) is 4.79 Å². The molecule has 1 rings (SSSR count). The summed E-state index contributed by atoms with van der Waals surface area (Å²) in [7, 11) is 1.97. The smallest absolute Gasteiger partial charge is 0.315 e. The van der Waals surface area contributed by atoms with Gasteiger partial charge in [-0.15, -0.1) is 0 Å². The number of carbonyl (C=O) groups excluding carboxylic acids is 1. The maximum Gasteiger partial charge on any atom is 0.315 e. The molecule has 0 aliphatic carbocycles. The van der Waals surface area contributed by atoms with Gasteiger partial charge in [-0.3, -0.25) is 4.79 Å². The highest BCUT2D eigenvalue weighted by atomic mass is 28.3. The molecule has 0 saturated carbocycles. The summed E-state index contributed by atoms with van der Waals surface area (Å²) >= 11 is 0. The number of ether oxygens (including phenoxy) is 3. The monoisotopic (exact) mass is 324 g/mol. The minimum atomic E-state index is -1.02. The van der Waals surface area contributed by atoms with E-state index in [1.165, 1.54) is 20.3 Å². The minimum absolute atomic E-state index is 0.108. The first-order valence-electron chi connectivity index (χ1n) is 7.72. The van der Waals surface area contributed by atoms with Crippen molar-refractivity contribution in [3.05, 3.63) is 29.8 Å². The lowest BCUT2D eigenvalue weighted by Gasteiger charge is -2.17. The normalized spacial score (nSPS) is 11.7. The van der Waals surface area contributed by atoms with Crippen LogP contribution in [-0.2, 0) is 9.47 Å². The predicted molar refractivity (Wildman–Crippen MR) is 91.2 cm³/mol. The maximum atomic E-state index is 12.4. The van der Waals surface area contributed by atoms with Crippen LogP contribution in [0.5, 0.6) is 5.75 Å². The van der Waals surface area contributed by atoms with Gasteiger partial charge in [-0.1, -0.05) is 44.2 Å². The number of Topliss-reactive ketones (excluding diaryl/α,β-unsaturated/α-hetero) is 1. The Morgan fingerprint density at radius 2 is 1.73 bits per heavy atom. The van der Waals surface area contributed by atoms with Crippen molar-refractivity contribution < 1.29 is 19.0 Å². The number of unbranched alkanes of at least 4 members (excludes halogenated alkanes) is 1. The molecule has 0 heterocycles. The number of hydrogen-bond donors (Lipinski definition) is 0. The van der Waals surface area contributed by atoms with Crippen LogP contribution in [0, 0.1) is 0 Å². The van der Waals surface area contributed by atoms with Gasteiger partial charge >= 0.3 is 6.48 Å². The summed E-state index contributed by atoms with van der Waals surface area (Å²) in [6.07, 6.45) is 2.59. The Labute approximate surface area is 134 Å². The average Bonchev–Trinajstić information content (AvgIpc) is 2.48.